The van der Waals surface area contributed by atoms with Crippen LogP contribution >= 0.6 is 11.6 Å². The molecule has 0 fully saturated rings. The first kappa shape index (κ1) is 12.8. The van der Waals surface area contributed by atoms with Crippen molar-refractivity contribution in [2.75, 3.05) is 5.32 Å². The summed E-state index contributed by atoms with van der Waals surface area (Å²) in [7, 11) is 0. The average Bonchev–Trinajstić information content (AvgIpc) is 2.84. The molecule has 0 atom stereocenters. The van der Waals surface area contributed by atoms with Gasteiger partial charge in [0.2, 0.25) is 0 Å². The quantitative estimate of drug-likeness (QED) is 0.686. The average molecular weight is 286 g/mol. The number of hydrogen-bond acceptors (Lipinski definition) is 3. The molecule has 0 spiro atoms. The second-order valence-corrected chi connectivity index (χ2v) is 4.96. The predicted molar refractivity (Wildman–Crippen MR) is 81.0 cm³/mol. The van der Waals surface area contributed by atoms with Crippen LogP contribution < -0.4 is 5.32 Å². The van der Waals surface area contributed by atoms with Crippen LogP contribution in [0.4, 0.5) is 11.4 Å². The highest BCUT2D eigenvalue weighted by atomic mass is 35.5. The predicted octanol–water partition coefficient (Wildman–Crippen LogP) is 5.03. The van der Waals surface area contributed by atoms with E-state index in [1.54, 1.807) is 6.07 Å². The largest absolute Gasteiger partial charge is 0.451 e. The van der Waals surface area contributed by atoms with Crippen LogP contribution in [0.1, 0.15) is 17.5 Å². The lowest BCUT2D eigenvalue weighted by Crippen LogP contribution is -1.90. The van der Waals surface area contributed by atoms with Gasteiger partial charge < -0.3 is 9.73 Å². The summed E-state index contributed by atoms with van der Waals surface area (Å²) in [6.45, 7) is 1.49. The molecule has 0 bridgehead atoms. The number of hydrogen-bond donors (Lipinski definition) is 1. The van der Waals surface area contributed by atoms with Gasteiger partial charge in [-0.25, -0.2) is 0 Å². The van der Waals surface area contributed by atoms with Gasteiger partial charge in [-0.15, -0.1) is 0 Å². The fraction of sp³-hybridized carbons (Fsp3) is 0.0625. The molecular weight excluding hydrogens is 274 g/mol. The van der Waals surface area contributed by atoms with Gasteiger partial charge >= 0.3 is 0 Å². The first-order chi connectivity index (χ1) is 9.63. The Morgan fingerprint density at radius 3 is 2.70 bits per heavy atom. The highest BCUT2D eigenvalue weighted by Crippen LogP contribution is 2.30. The van der Waals surface area contributed by atoms with E-state index < -0.39 is 0 Å². The lowest BCUT2D eigenvalue weighted by Gasteiger charge is -2.07. The molecule has 1 heterocycles. The second kappa shape index (κ2) is 5.02. The van der Waals surface area contributed by atoms with E-state index >= 15 is 0 Å². The van der Waals surface area contributed by atoms with E-state index in [1.807, 2.05) is 42.5 Å². The third-order valence-corrected chi connectivity index (χ3v) is 3.23. The Hall–Kier alpha value is -2.26. The van der Waals surface area contributed by atoms with Gasteiger partial charge in [0.15, 0.2) is 17.1 Å². The van der Waals surface area contributed by atoms with Crippen LogP contribution in [0.5, 0.6) is 0 Å². The molecule has 0 saturated carbocycles. The number of para-hydroxylation sites is 1. The molecule has 3 rings (SSSR count). The zero-order valence-electron chi connectivity index (χ0n) is 10.8. The van der Waals surface area contributed by atoms with Gasteiger partial charge in [-0.3, -0.25) is 4.79 Å². The molecule has 20 heavy (non-hydrogen) atoms. The van der Waals surface area contributed by atoms with Crippen molar-refractivity contribution in [2.45, 2.75) is 6.92 Å². The monoisotopic (exact) mass is 285 g/mol. The van der Waals surface area contributed by atoms with Gasteiger partial charge in [-0.2, -0.15) is 0 Å². The van der Waals surface area contributed by atoms with Crippen LogP contribution in [0.25, 0.3) is 11.0 Å². The van der Waals surface area contributed by atoms with Crippen molar-refractivity contribution in [2.24, 2.45) is 0 Å². The molecule has 4 heteroatoms. The number of Topliss-reactive ketones (excluding diaryl/α,β-unsaturated/α-hetero) is 1. The molecule has 0 radical (unpaired) electrons. The maximum Gasteiger partial charge on any atom is 0.194 e. The molecule has 0 saturated heterocycles. The molecule has 0 aliphatic heterocycles. The van der Waals surface area contributed by atoms with Crippen LogP contribution in [0.3, 0.4) is 0 Å². The number of ketones is 1. The molecule has 2 aromatic carbocycles. The van der Waals surface area contributed by atoms with E-state index in [4.69, 9.17) is 16.0 Å². The van der Waals surface area contributed by atoms with Gasteiger partial charge in [-0.1, -0.05) is 29.8 Å². The molecule has 0 aliphatic rings. The lowest BCUT2D eigenvalue weighted by molar-refractivity contribution is 0.0989. The summed E-state index contributed by atoms with van der Waals surface area (Å²) < 4.78 is 5.62. The van der Waals surface area contributed by atoms with Crippen molar-refractivity contribution in [3.63, 3.8) is 0 Å². The maximum atomic E-state index is 11.4. The Kier molecular flexibility index (Phi) is 3.20. The highest BCUT2D eigenvalue weighted by molar-refractivity contribution is 6.30. The SMILES string of the molecule is CC(=O)c1cc2cccc(Nc3cccc(Cl)c3)c2o1. The first-order valence-corrected chi connectivity index (χ1v) is 6.57. The van der Waals surface area contributed by atoms with Crippen LogP contribution in [0, 0.1) is 0 Å². The van der Waals surface area contributed by atoms with E-state index in [2.05, 4.69) is 5.32 Å². The molecule has 1 N–H and O–H groups in total. The summed E-state index contributed by atoms with van der Waals surface area (Å²) in [5.74, 6) is 0.273. The van der Waals surface area contributed by atoms with Crippen molar-refractivity contribution >= 4 is 39.7 Å². The van der Waals surface area contributed by atoms with Crippen LogP contribution in [-0.4, -0.2) is 5.78 Å². The summed E-state index contributed by atoms with van der Waals surface area (Å²) in [6, 6.07) is 14.9. The van der Waals surface area contributed by atoms with Crippen molar-refractivity contribution in [1.82, 2.24) is 0 Å². The Balaban J connectivity index is 2.05. The number of halogens is 1. The lowest BCUT2D eigenvalue weighted by atomic mass is 10.2. The number of fused-ring (bicyclic) bond motifs is 1. The minimum Gasteiger partial charge on any atom is -0.451 e. The third-order valence-electron chi connectivity index (χ3n) is 2.99. The summed E-state index contributed by atoms with van der Waals surface area (Å²) in [5, 5.41) is 4.80. The van der Waals surface area contributed by atoms with E-state index in [0.717, 1.165) is 16.8 Å². The van der Waals surface area contributed by atoms with Gasteiger partial charge in [0.25, 0.3) is 0 Å². The summed E-state index contributed by atoms with van der Waals surface area (Å²) in [4.78, 5) is 11.4. The minimum absolute atomic E-state index is 0.0881. The molecule has 3 aromatic rings. The van der Waals surface area contributed by atoms with Gasteiger partial charge in [0.05, 0.1) is 5.69 Å². The molecule has 3 nitrogen and oxygen atoms in total. The Labute approximate surface area is 121 Å². The van der Waals surface area contributed by atoms with E-state index in [0.29, 0.717) is 16.4 Å². The van der Waals surface area contributed by atoms with Crippen LogP contribution in [-0.2, 0) is 0 Å². The molecule has 0 aliphatic carbocycles. The fourth-order valence-electron chi connectivity index (χ4n) is 2.06. The molecule has 0 unspecified atom stereocenters. The standard InChI is InChI=1S/C16H12ClNO2/c1-10(19)15-8-11-4-2-7-14(16(11)20-15)18-13-6-3-5-12(17)9-13/h2-9,18H,1H3. The van der Waals surface area contributed by atoms with Crippen molar-refractivity contribution in [1.29, 1.82) is 0 Å². The van der Waals surface area contributed by atoms with Crippen molar-refractivity contribution in [3.05, 3.63) is 59.3 Å². The molecular formula is C16H12ClNO2. The van der Waals surface area contributed by atoms with Gasteiger partial charge in [0, 0.05) is 23.0 Å². The zero-order valence-corrected chi connectivity index (χ0v) is 11.6. The van der Waals surface area contributed by atoms with Crippen LogP contribution in [0.2, 0.25) is 5.02 Å². The molecule has 0 amide bonds. The topological polar surface area (TPSA) is 42.2 Å². The number of anilines is 2. The van der Waals surface area contributed by atoms with Crippen molar-refractivity contribution in [3.8, 4) is 0 Å². The number of rotatable bonds is 3. The number of benzene rings is 2. The van der Waals surface area contributed by atoms with E-state index in [9.17, 15) is 4.79 Å². The van der Waals surface area contributed by atoms with Gasteiger partial charge in [-0.05, 0) is 30.3 Å². The fourth-order valence-corrected chi connectivity index (χ4v) is 2.25. The first-order valence-electron chi connectivity index (χ1n) is 6.19. The van der Waals surface area contributed by atoms with Crippen molar-refractivity contribution < 1.29 is 9.21 Å². The van der Waals surface area contributed by atoms with E-state index in [1.165, 1.54) is 6.92 Å². The summed E-state index contributed by atoms with van der Waals surface area (Å²) in [5.41, 5.74) is 2.33. The maximum absolute atomic E-state index is 11.4. The Bertz CT molecular complexity index is 792. The Morgan fingerprint density at radius 2 is 1.95 bits per heavy atom. The highest BCUT2D eigenvalue weighted by Gasteiger charge is 2.11. The molecule has 100 valence electrons. The summed E-state index contributed by atoms with van der Waals surface area (Å²) >= 11 is 5.97. The summed E-state index contributed by atoms with van der Waals surface area (Å²) in [6.07, 6.45) is 0. The number of carbonyl (C=O) groups is 1. The normalized spacial score (nSPS) is 10.7. The number of nitrogens with one attached hydrogen (secondary N) is 1. The number of carbonyl (C=O) groups excluding carboxylic acids is 1. The molecule has 1 aromatic heterocycles. The number of furan rings is 1. The van der Waals surface area contributed by atoms with E-state index in [-0.39, 0.29) is 5.78 Å². The van der Waals surface area contributed by atoms with Gasteiger partial charge in [0.1, 0.15) is 0 Å². The van der Waals surface area contributed by atoms with Crippen LogP contribution in [0.15, 0.2) is 52.9 Å². The Morgan fingerprint density at radius 1 is 1.15 bits per heavy atom. The second-order valence-electron chi connectivity index (χ2n) is 4.53. The third kappa shape index (κ3) is 2.40. The zero-order chi connectivity index (χ0) is 14.1. The smallest absolute Gasteiger partial charge is 0.194 e. The minimum atomic E-state index is -0.0881.